The maximum atomic E-state index is 2.51. The van der Waals surface area contributed by atoms with E-state index in [2.05, 4.69) is 19.7 Å². The summed E-state index contributed by atoms with van der Waals surface area (Å²) in [6.07, 6.45) is 5.73. The van der Waals surface area contributed by atoms with Crippen LogP contribution in [0, 0.1) is 0 Å². The summed E-state index contributed by atoms with van der Waals surface area (Å²) in [6, 6.07) is 0. The molecule has 0 saturated heterocycles. The van der Waals surface area contributed by atoms with Gasteiger partial charge in [-0.3, -0.25) is 0 Å². The van der Waals surface area contributed by atoms with E-state index in [-0.39, 0.29) is 13.9 Å². The Hall–Kier alpha value is 0.519. The van der Waals surface area contributed by atoms with Crippen molar-refractivity contribution in [3.63, 3.8) is 0 Å². The zero-order valence-corrected chi connectivity index (χ0v) is 9.36. The third kappa shape index (κ3) is 6.64. The third-order valence-electron chi connectivity index (χ3n) is 1.69. The Morgan fingerprint density at radius 3 is 1.60 bits per heavy atom. The molecule has 0 amide bonds. The van der Waals surface area contributed by atoms with Crippen LogP contribution in [0.1, 0.15) is 39.5 Å². The van der Waals surface area contributed by atoms with Crippen molar-refractivity contribution in [3.8, 4) is 0 Å². The first-order chi connectivity index (χ1) is 4.81. The summed E-state index contributed by atoms with van der Waals surface area (Å²) in [5.74, 6) is 2.51. The van der Waals surface area contributed by atoms with Crippen molar-refractivity contribution in [1.29, 1.82) is 0 Å². The number of hydrogen-bond acceptors (Lipinski definition) is 0. The van der Waals surface area contributed by atoms with Gasteiger partial charge in [-0.1, -0.05) is 0 Å². The quantitative estimate of drug-likeness (QED) is 0.584. The van der Waals surface area contributed by atoms with Gasteiger partial charge in [0.05, 0.1) is 0 Å². The van der Waals surface area contributed by atoms with Crippen LogP contribution in [0.2, 0.25) is 16.5 Å². The van der Waals surface area contributed by atoms with Gasteiger partial charge < -0.3 is 0 Å². The van der Waals surface area contributed by atoms with E-state index < -0.39 is 0 Å². The molecule has 0 atom stereocenters. The zero-order valence-electron chi connectivity index (χ0n) is 7.65. The molecule has 0 fully saturated rings. The molecule has 0 N–H and O–H groups in total. The number of unbranched alkanes of at least 4 members (excludes halogenated alkanes) is 2. The van der Waals surface area contributed by atoms with Gasteiger partial charge in [-0.2, -0.15) is 0 Å². The molecule has 0 saturated carbocycles. The Labute approximate surface area is 70.3 Å². The van der Waals surface area contributed by atoms with Gasteiger partial charge in [0.2, 0.25) is 0 Å². The molecule has 0 aromatic carbocycles. The molecule has 0 aliphatic rings. The van der Waals surface area contributed by atoms with Gasteiger partial charge in [0.1, 0.15) is 0 Å². The summed E-state index contributed by atoms with van der Waals surface area (Å²) in [5, 5.41) is 3.13. The van der Waals surface area contributed by atoms with Crippen LogP contribution in [-0.4, -0.2) is 13.9 Å². The second-order valence-corrected chi connectivity index (χ2v) is 7.89. The Balaban J connectivity index is 3.00. The molecule has 0 aliphatic heterocycles. The molecule has 0 spiro atoms. The van der Waals surface area contributed by atoms with Gasteiger partial charge in [0, 0.05) is 0 Å². The second kappa shape index (κ2) is 7.62. The Morgan fingerprint density at radius 1 is 0.900 bits per heavy atom. The molecule has 0 aromatic heterocycles. The molecule has 62 valence electrons. The number of hydrogen-bond donors (Lipinski definition) is 0. The second-order valence-electron chi connectivity index (χ2n) is 2.90. The first-order valence-corrected chi connectivity index (χ1v) is 8.54. The van der Waals surface area contributed by atoms with Crippen LogP contribution in [0.3, 0.4) is 0 Å². The third-order valence-corrected chi connectivity index (χ3v) is 5.83. The van der Waals surface area contributed by atoms with Crippen LogP contribution in [0.5, 0.6) is 0 Å². The molecule has 10 heavy (non-hydrogen) atoms. The Bertz CT molecular complexity index is 53.7. The minimum absolute atomic E-state index is 0.116. The van der Waals surface area contributed by atoms with E-state index in [1.54, 1.807) is 10.6 Å². The van der Waals surface area contributed by atoms with Crippen LogP contribution in [0.4, 0.5) is 0 Å². The average molecular weight is 208 g/mol. The molecule has 1 heteroatoms. The molecule has 0 bridgehead atoms. The number of rotatable bonds is 6. The SMILES string of the molecule is CCCC[Se+](C)CCCC. The van der Waals surface area contributed by atoms with Crippen molar-refractivity contribution >= 4 is 13.9 Å². The molecule has 0 aliphatic carbocycles. The van der Waals surface area contributed by atoms with Gasteiger partial charge in [0.15, 0.2) is 0 Å². The summed E-state index contributed by atoms with van der Waals surface area (Å²) >= 11 is -0.116. The molecule has 0 nitrogen and oxygen atoms in total. The van der Waals surface area contributed by atoms with Crippen LogP contribution in [0.15, 0.2) is 0 Å². The van der Waals surface area contributed by atoms with E-state index >= 15 is 0 Å². The van der Waals surface area contributed by atoms with Crippen molar-refractivity contribution in [1.82, 2.24) is 0 Å². The fourth-order valence-corrected chi connectivity index (χ4v) is 4.59. The topological polar surface area (TPSA) is 0 Å². The van der Waals surface area contributed by atoms with Crippen molar-refractivity contribution in [3.05, 3.63) is 0 Å². The van der Waals surface area contributed by atoms with E-state index in [1.807, 2.05) is 0 Å². The van der Waals surface area contributed by atoms with Crippen LogP contribution in [-0.2, 0) is 0 Å². The van der Waals surface area contributed by atoms with E-state index in [1.165, 1.54) is 25.7 Å². The van der Waals surface area contributed by atoms with E-state index in [0.29, 0.717) is 0 Å². The fraction of sp³-hybridized carbons (Fsp3) is 1.00. The molecular formula is C9H21Se+. The summed E-state index contributed by atoms with van der Waals surface area (Å²) in [6.45, 7) is 4.58. The summed E-state index contributed by atoms with van der Waals surface area (Å²) in [7, 11) is 0. The summed E-state index contributed by atoms with van der Waals surface area (Å²) in [5.41, 5.74) is 0. The predicted octanol–water partition coefficient (Wildman–Crippen LogP) is 3.71. The molecular weight excluding hydrogens is 187 g/mol. The van der Waals surface area contributed by atoms with E-state index in [4.69, 9.17) is 0 Å². The molecule has 0 unspecified atom stereocenters. The van der Waals surface area contributed by atoms with Crippen molar-refractivity contribution < 1.29 is 0 Å². The van der Waals surface area contributed by atoms with Crippen molar-refractivity contribution in [2.24, 2.45) is 0 Å². The molecule has 0 radical (unpaired) electrons. The monoisotopic (exact) mass is 209 g/mol. The van der Waals surface area contributed by atoms with Gasteiger partial charge >= 0.3 is 69.9 Å². The van der Waals surface area contributed by atoms with Gasteiger partial charge in [-0.05, 0) is 0 Å². The van der Waals surface area contributed by atoms with Crippen LogP contribution < -0.4 is 0 Å². The van der Waals surface area contributed by atoms with Crippen molar-refractivity contribution in [2.45, 2.75) is 56.0 Å². The predicted molar refractivity (Wildman–Crippen MR) is 51.0 cm³/mol. The summed E-state index contributed by atoms with van der Waals surface area (Å²) < 4.78 is 0. The van der Waals surface area contributed by atoms with Crippen molar-refractivity contribution in [2.75, 3.05) is 0 Å². The van der Waals surface area contributed by atoms with Gasteiger partial charge in [0.25, 0.3) is 0 Å². The fourth-order valence-electron chi connectivity index (χ4n) is 0.884. The van der Waals surface area contributed by atoms with E-state index in [9.17, 15) is 0 Å². The van der Waals surface area contributed by atoms with E-state index in [0.717, 1.165) is 0 Å². The molecule has 0 aromatic rings. The Kier molecular flexibility index (Phi) is 8.02. The summed E-state index contributed by atoms with van der Waals surface area (Å²) in [4.78, 5) is 0. The van der Waals surface area contributed by atoms with Gasteiger partial charge in [-0.25, -0.2) is 0 Å². The normalized spacial score (nSPS) is 10.8. The van der Waals surface area contributed by atoms with Crippen LogP contribution in [0.25, 0.3) is 0 Å². The average Bonchev–Trinajstić information content (AvgIpc) is 1.97. The molecule has 0 rings (SSSR count). The van der Waals surface area contributed by atoms with Gasteiger partial charge in [-0.15, -0.1) is 0 Å². The molecule has 0 heterocycles. The zero-order chi connectivity index (χ0) is 7.82. The Morgan fingerprint density at radius 2 is 1.30 bits per heavy atom. The first-order valence-electron chi connectivity index (χ1n) is 4.40. The minimum atomic E-state index is -0.116. The first kappa shape index (κ1) is 10.5. The standard InChI is InChI=1S/C9H21Se/c1-4-6-8-10(3)9-7-5-2/h4-9H2,1-3H3/q+1. The maximum absolute atomic E-state index is 2.51. The van der Waals surface area contributed by atoms with Crippen LogP contribution >= 0.6 is 0 Å².